The van der Waals surface area contributed by atoms with Crippen molar-refractivity contribution >= 4 is 11.6 Å². The monoisotopic (exact) mass is 274 g/mol. The molecule has 1 heterocycles. The van der Waals surface area contributed by atoms with E-state index < -0.39 is 5.41 Å². The van der Waals surface area contributed by atoms with Crippen LogP contribution < -0.4 is 10.6 Å². The molecule has 0 radical (unpaired) electrons. The van der Waals surface area contributed by atoms with Crippen LogP contribution in [0.1, 0.15) is 52.2 Å². The van der Waals surface area contributed by atoms with Crippen LogP contribution >= 0.6 is 0 Å². The van der Waals surface area contributed by atoms with Gasteiger partial charge < -0.3 is 10.6 Å². The van der Waals surface area contributed by atoms with Gasteiger partial charge in [-0.05, 0) is 71.2 Å². The molecule has 0 atom stereocenters. The predicted molar refractivity (Wildman–Crippen MR) is 84.2 cm³/mol. The Morgan fingerprint density at radius 1 is 1.25 bits per heavy atom. The second kappa shape index (κ2) is 5.21. The number of rotatable bonds is 4. The van der Waals surface area contributed by atoms with E-state index in [1.165, 1.54) is 5.56 Å². The number of aryl methyl sites for hydroxylation is 1. The van der Waals surface area contributed by atoms with Gasteiger partial charge in [0.25, 0.3) is 0 Å². The summed E-state index contributed by atoms with van der Waals surface area (Å²) in [4.78, 5) is 11.9. The fourth-order valence-corrected chi connectivity index (χ4v) is 2.53. The van der Waals surface area contributed by atoms with Gasteiger partial charge in [0, 0.05) is 11.2 Å². The van der Waals surface area contributed by atoms with Crippen LogP contribution in [0.2, 0.25) is 0 Å². The minimum atomic E-state index is -0.408. The average molecular weight is 274 g/mol. The van der Waals surface area contributed by atoms with Crippen molar-refractivity contribution in [2.24, 2.45) is 0 Å². The topological polar surface area (TPSA) is 41.1 Å². The molecule has 3 heteroatoms. The lowest BCUT2D eigenvalue weighted by Gasteiger charge is -2.20. The molecule has 1 aromatic rings. The summed E-state index contributed by atoms with van der Waals surface area (Å²) >= 11 is 0. The van der Waals surface area contributed by atoms with E-state index in [0.29, 0.717) is 0 Å². The molecular formula is C17H26N2O. The molecule has 110 valence electrons. The summed E-state index contributed by atoms with van der Waals surface area (Å²) in [7, 11) is 0. The third-order valence-corrected chi connectivity index (χ3v) is 3.87. The number of amides is 1. The lowest BCUT2D eigenvalue weighted by molar-refractivity contribution is -0.119. The second-order valence-corrected chi connectivity index (χ2v) is 7.24. The van der Waals surface area contributed by atoms with Crippen molar-refractivity contribution in [2.75, 3.05) is 11.9 Å². The van der Waals surface area contributed by atoms with Crippen molar-refractivity contribution in [2.45, 2.75) is 58.4 Å². The summed E-state index contributed by atoms with van der Waals surface area (Å²) in [5.41, 5.74) is 3.18. The normalized spacial score (nSPS) is 16.9. The van der Waals surface area contributed by atoms with Crippen LogP contribution in [-0.2, 0) is 16.6 Å². The molecule has 20 heavy (non-hydrogen) atoms. The molecule has 2 rings (SSSR count). The van der Waals surface area contributed by atoms with Gasteiger partial charge in [-0.2, -0.15) is 0 Å². The number of fused-ring (bicyclic) bond motifs is 1. The molecule has 0 bridgehead atoms. The lowest BCUT2D eigenvalue weighted by atomic mass is 9.85. The summed E-state index contributed by atoms with van der Waals surface area (Å²) in [6.45, 7) is 11.5. The number of carbonyl (C=O) groups is 1. The Labute approximate surface area is 122 Å². The van der Waals surface area contributed by atoms with Gasteiger partial charge in [0.2, 0.25) is 5.91 Å². The minimum absolute atomic E-state index is 0.0963. The van der Waals surface area contributed by atoms with E-state index in [1.54, 1.807) is 0 Å². The van der Waals surface area contributed by atoms with Crippen molar-refractivity contribution < 1.29 is 4.79 Å². The fourth-order valence-electron chi connectivity index (χ4n) is 2.53. The quantitative estimate of drug-likeness (QED) is 0.828. The summed E-state index contributed by atoms with van der Waals surface area (Å²) < 4.78 is 0. The zero-order valence-electron chi connectivity index (χ0n) is 13.3. The maximum atomic E-state index is 11.9. The molecular weight excluding hydrogens is 248 g/mol. The highest BCUT2D eigenvalue weighted by Crippen LogP contribution is 2.37. The van der Waals surface area contributed by atoms with Crippen LogP contribution in [-0.4, -0.2) is 18.0 Å². The molecule has 1 aromatic carbocycles. The number of carbonyl (C=O) groups excluding carboxylic acids is 1. The van der Waals surface area contributed by atoms with Crippen LogP contribution in [0, 0.1) is 0 Å². The highest BCUT2D eigenvalue weighted by atomic mass is 16.2. The predicted octanol–water partition coefficient (Wildman–Crippen LogP) is 3.24. The summed E-state index contributed by atoms with van der Waals surface area (Å²) in [5.74, 6) is 0.0963. The first kappa shape index (κ1) is 15.0. The van der Waals surface area contributed by atoms with Crippen molar-refractivity contribution in [3.63, 3.8) is 0 Å². The van der Waals surface area contributed by atoms with Gasteiger partial charge in [-0.25, -0.2) is 0 Å². The molecule has 0 aliphatic carbocycles. The van der Waals surface area contributed by atoms with Crippen molar-refractivity contribution in [3.8, 4) is 0 Å². The third kappa shape index (κ3) is 3.21. The highest BCUT2D eigenvalue weighted by molar-refractivity contribution is 6.05. The standard InChI is InChI=1S/C17H26N2O/c1-16(2,3)18-10-6-7-12-8-9-14-13(11-12)17(4,5)15(20)19-14/h8-9,11,18H,6-7,10H2,1-5H3,(H,19,20). The first-order valence-electron chi connectivity index (χ1n) is 7.40. The van der Waals surface area contributed by atoms with Gasteiger partial charge >= 0.3 is 0 Å². The fraction of sp³-hybridized carbons (Fsp3) is 0.588. The van der Waals surface area contributed by atoms with Crippen molar-refractivity contribution in [3.05, 3.63) is 29.3 Å². The van der Waals surface area contributed by atoms with E-state index in [4.69, 9.17) is 0 Å². The van der Waals surface area contributed by atoms with Gasteiger partial charge in [-0.15, -0.1) is 0 Å². The van der Waals surface area contributed by atoms with Crippen LogP contribution in [0.4, 0.5) is 5.69 Å². The maximum Gasteiger partial charge on any atom is 0.234 e. The molecule has 2 N–H and O–H groups in total. The zero-order chi connectivity index (χ0) is 15.0. The number of hydrogen-bond donors (Lipinski definition) is 2. The minimum Gasteiger partial charge on any atom is -0.325 e. The largest absolute Gasteiger partial charge is 0.325 e. The number of nitrogens with one attached hydrogen (secondary N) is 2. The van der Waals surface area contributed by atoms with E-state index in [2.05, 4.69) is 43.5 Å². The Hall–Kier alpha value is -1.35. The molecule has 1 aliphatic rings. The summed E-state index contributed by atoms with van der Waals surface area (Å²) in [6.07, 6.45) is 2.15. The van der Waals surface area contributed by atoms with Crippen LogP contribution in [0.15, 0.2) is 18.2 Å². The molecule has 0 aromatic heterocycles. The second-order valence-electron chi connectivity index (χ2n) is 7.24. The van der Waals surface area contributed by atoms with E-state index in [-0.39, 0.29) is 11.4 Å². The summed E-state index contributed by atoms with van der Waals surface area (Å²) in [6, 6.07) is 6.34. The zero-order valence-corrected chi connectivity index (χ0v) is 13.3. The Kier molecular flexibility index (Phi) is 3.92. The molecule has 0 spiro atoms. The van der Waals surface area contributed by atoms with E-state index in [1.807, 2.05) is 19.9 Å². The van der Waals surface area contributed by atoms with Gasteiger partial charge in [0.1, 0.15) is 0 Å². The number of anilines is 1. The van der Waals surface area contributed by atoms with Gasteiger partial charge in [0.05, 0.1) is 5.41 Å². The molecule has 0 unspecified atom stereocenters. The Balaban J connectivity index is 1.99. The van der Waals surface area contributed by atoms with Crippen LogP contribution in [0.25, 0.3) is 0 Å². The maximum absolute atomic E-state index is 11.9. The molecule has 0 saturated carbocycles. The molecule has 1 amide bonds. The summed E-state index contributed by atoms with van der Waals surface area (Å²) in [5, 5.41) is 6.45. The van der Waals surface area contributed by atoms with Crippen molar-refractivity contribution in [1.29, 1.82) is 0 Å². The molecule has 0 saturated heterocycles. The number of benzene rings is 1. The molecule has 3 nitrogen and oxygen atoms in total. The Morgan fingerprint density at radius 3 is 2.60 bits per heavy atom. The van der Waals surface area contributed by atoms with E-state index >= 15 is 0 Å². The number of hydrogen-bond acceptors (Lipinski definition) is 2. The van der Waals surface area contributed by atoms with Gasteiger partial charge in [-0.3, -0.25) is 4.79 Å². The first-order valence-corrected chi connectivity index (χ1v) is 7.40. The van der Waals surface area contributed by atoms with E-state index in [0.717, 1.165) is 30.6 Å². The smallest absolute Gasteiger partial charge is 0.234 e. The molecule has 1 aliphatic heterocycles. The average Bonchev–Trinajstić information content (AvgIpc) is 2.55. The molecule has 0 fully saturated rings. The Morgan fingerprint density at radius 2 is 1.95 bits per heavy atom. The SMILES string of the molecule is CC(C)(C)NCCCc1ccc2c(c1)C(C)(C)C(=O)N2. The van der Waals surface area contributed by atoms with Gasteiger partial charge in [-0.1, -0.05) is 12.1 Å². The highest BCUT2D eigenvalue weighted by Gasteiger charge is 2.38. The first-order chi connectivity index (χ1) is 9.20. The van der Waals surface area contributed by atoms with Gasteiger partial charge in [0.15, 0.2) is 0 Å². The van der Waals surface area contributed by atoms with E-state index in [9.17, 15) is 4.79 Å². The van der Waals surface area contributed by atoms with Crippen molar-refractivity contribution in [1.82, 2.24) is 5.32 Å². The lowest BCUT2D eigenvalue weighted by Crippen LogP contribution is -2.36. The Bertz CT molecular complexity index is 512. The third-order valence-electron chi connectivity index (χ3n) is 3.87. The van der Waals surface area contributed by atoms with Crippen LogP contribution in [0.3, 0.4) is 0 Å². The van der Waals surface area contributed by atoms with Crippen LogP contribution in [0.5, 0.6) is 0 Å².